The SMILES string of the molecule is Cc1cc(C)cc(OCCNC(=O)N2CCN(C3CCCC3)CC2)c1. The highest BCUT2D eigenvalue weighted by Crippen LogP contribution is 2.24. The molecule has 1 aliphatic carbocycles. The lowest BCUT2D eigenvalue weighted by molar-refractivity contribution is 0.109. The smallest absolute Gasteiger partial charge is 0.317 e. The molecule has 5 heteroatoms. The Hall–Kier alpha value is -1.75. The highest BCUT2D eigenvalue weighted by Gasteiger charge is 2.27. The van der Waals surface area contributed by atoms with Crippen LogP contribution in [0.4, 0.5) is 4.79 Å². The van der Waals surface area contributed by atoms with Gasteiger partial charge in [0.1, 0.15) is 12.4 Å². The zero-order chi connectivity index (χ0) is 17.6. The first-order valence-electron chi connectivity index (χ1n) is 9.60. The van der Waals surface area contributed by atoms with Gasteiger partial charge >= 0.3 is 6.03 Å². The van der Waals surface area contributed by atoms with Crippen molar-refractivity contribution in [1.82, 2.24) is 15.1 Å². The molecule has 138 valence electrons. The average Bonchev–Trinajstić information content (AvgIpc) is 3.12. The summed E-state index contributed by atoms with van der Waals surface area (Å²) >= 11 is 0. The van der Waals surface area contributed by atoms with Crippen molar-refractivity contribution in [2.45, 2.75) is 45.6 Å². The van der Waals surface area contributed by atoms with Crippen molar-refractivity contribution >= 4 is 6.03 Å². The third kappa shape index (κ3) is 5.11. The molecule has 1 saturated carbocycles. The summed E-state index contributed by atoms with van der Waals surface area (Å²) < 4.78 is 5.75. The van der Waals surface area contributed by atoms with E-state index in [2.05, 4.69) is 30.1 Å². The van der Waals surface area contributed by atoms with Gasteiger partial charge in [0.05, 0.1) is 6.54 Å². The fraction of sp³-hybridized carbons (Fsp3) is 0.650. The zero-order valence-electron chi connectivity index (χ0n) is 15.6. The summed E-state index contributed by atoms with van der Waals surface area (Å²) in [6, 6.07) is 6.97. The van der Waals surface area contributed by atoms with Crippen molar-refractivity contribution in [3.8, 4) is 5.75 Å². The molecule has 0 atom stereocenters. The number of hydrogen-bond acceptors (Lipinski definition) is 3. The highest BCUT2D eigenvalue weighted by atomic mass is 16.5. The third-order valence-electron chi connectivity index (χ3n) is 5.28. The van der Waals surface area contributed by atoms with E-state index in [0.29, 0.717) is 13.2 Å². The molecule has 0 bridgehead atoms. The van der Waals surface area contributed by atoms with E-state index in [4.69, 9.17) is 4.74 Å². The number of nitrogens with zero attached hydrogens (tertiary/aromatic N) is 2. The van der Waals surface area contributed by atoms with Crippen LogP contribution in [-0.2, 0) is 0 Å². The first-order valence-corrected chi connectivity index (χ1v) is 9.60. The van der Waals surface area contributed by atoms with Gasteiger partial charge in [0.25, 0.3) is 0 Å². The van der Waals surface area contributed by atoms with Gasteiger partial charge in [0.2, 0.25) is 0 Å². The van der Waals surface area contributed by atoms with Crippen LogP contribution in [-0.4, -0.2) is 61.2 Å². The lowest BCUT2D eigenvalue weighted by Gasteiger charge is -2.38. The van der Waals surface area contributed by atoms with Gasteiger partial charge in [-0.3, -0.25) is 4.90 Å². The molecule has 2 fully saturated rings. The van der Waals surface area contributed by atoms with Gasteiger partial charge in [-0.15, -0.1) is 0 Å². The van der Waals surface area contributed by atoms with Gasteiger partial charge in [0.15, 0.2) is 0 Å². The number of carbonyl (C=O) groups excluding carboxylic acids is 1. The first kappa shape index (κ1) is 18.1. The fourth-order valence-electron chi connectivity index (χ4n) is 4.01. The molecule has 1 aliphatic heterocycles. The van der Waals surface area contributed by atoms with E-state index >= 15 is 0 Å². The Kier molecular flexibility index (Phi) is 6.19. The number of carbonyl (C=O) groups is 1. The molecule has 0 spiro atoms. The summed E-state index contributed by atoms with van der Waals surface area (Å²) in [5.74, 6) is 0.872. The summed E-state index contributed by atoms with van der Waals surface area (Å²) in [6.07, 6.45) is 5.40. The normalized spacial score (nSPS) is 19.2. The van der Waals surface area contributed by atoms with Gasteiger partial charge in [0, 0.05) is 32.2 Å². The van der Waals surface area contributed by atoms with E-state index in [1.807, 2.05) is 17.0 Å². The Morgan fingerprint density at radius 3 is 2.36 bits per heavy atom. The number of piperazine rings is 1. The third-order valence-corrected chi connectivity index (χ3v) is 5.28. The van der Waals surface area contributed by atoms with Gasteiger partial charge in [-0.05, 0) is 49.9 Å². The van der Waals surface area contributed by atoms with E-state index in [1.54, 1.807) is 0 Å². The van der Waals surface area contributed by atoms with Gasteiger partial charge in [-0.1, -0.05) is 18.9 Å². The van der Waals surface area contributed by atoms with Crippen LogP contribution in [0.3, 0.4) is 0 Å². The van der Waals surface area contributed by atoms with E-state index in [-0.39, 0.29) is 6.03 Å². The Balaban J connectivity index is 1.34. The maximum Gasteiger partial charge on any atom is 0.317 e. The van der Waals surface area contributed by atoms with Crippen LogP contribution in [0.15, 0.2) is 18.2 Å². The molecule has 0 aromatic heterocycles. The minimum Gasteiger partial charge on any atom is -0.492 e. The molecule has 1 saturated heterocycles. The second-order valence-corrected chi connectivity index (χ2v) is 7.37. The largest absolute Gasteiger partial charge is 0.492 e. The van der Waals surface area contributed by atoms with Crippen molar-refractivity contribution in [2.75, 3.05) is 39.3 Å². The lowest BCUT2D eigenvalue weighted by Crippen LogP contribution is -2.54. The predicted octanol–water partition coefficient (Wildman–Crippen LogP) is 2.95. The summed E-state index contributed by atoms with van der Waals surface area (Å²) in [5, 5.41) is 2.98. The van der Waals surface area contributed by atoms with Gasteiger partial charge in [-0.25, -0.2) is 4.79 Å². The summed E-state index contributed by atoms with van der Waals surface area (Å²) in [5.41, 5.74) is 2.39. The molecule has 0 radical (unpaired) electrons. The van der Waals surface area contributed by atoms with Crippen molar-refractivity contribution in [3.63, 3.8) is 0 Å². The van der Waals surface area contributed by atoms with Crippen molar-refractivity contribution in [2.24, 2.45) is 0 Å². The Labute approximate surface area is 151 Å². The molecule has 2 amide bonds. The average molecular weight is 345 g/mol. The maximum absolute atomic E-state index is 12.3. The van der Waals surface area contributed by atoms with Gasteiger partial charge in [-0.2, -0.15) is 0 Å². The zero-order valence-corrected chi connectivity index (χ0v) is 15.6. The van der Waals surface area contributed by atoms with E-state index in [1.165, 1.54) is 36.8 Å². The summed E-state index contributed by atoms with van der Waals surface area (Å²) in [6.45, 7) is 8.85. The molecule has 3 rings (SSSR count). The molecule has 1 aromatic rings. The number of aryl methyl sites for hydroxylation is 2. The number of nitrogens with one attached hydrogen (secondary N) is 1. The molecule has 1 N–H and O–H groups in total. The Bertz CT molecular complexity index is 556. The lowest BCUT2D eigenvalue weighted by atomic mass is 10.1. The van der Waals surface area contributed by atoms with Gasteiger partial charge < -0.3 is 15.0 Å². The monoisotopic (exact) mass is 345 g/mol. The molecule has 2 aliphatic rings. The van der Waals surface area contributed by atoms with Crippen LogP contribution in [0.2, 0.25) is 0 Å². The van der Waals surface area contributed by atoms with E-state index in [9.17, 15) is 4.79 Å². The molecule has 1 aromatic carbocycles. The van der Waals surface area contributed by atoms with Crippen LogP contribution in [0, 0.1) is 13.8 Å². The number of amides is 2. The van der Waals surface area contributed by atoms with Crippen molar-refractivity contribution in [1.29, 1.82) is 0 Å². The summed E-state index contributed by atoms with van der Waals surface area (Å²) in [7, 11) is 0. The Morgan fingerprint density at radius 2 is 1.72 bits per heavy atom. The molecular weight excluding hydrogens is 314 g/mol. The topological polar surface area (TPSA) is 44.8 Å². The first-order chi connectivity index (χ1) is 12.1. The van der Waals surface area contributed by atoms with E-state index < -0.39 is 0 Å². The summed E-state index contributed by atoms with van der Waals surface area (Å²) in [4.78, 5) is 16.8. The van der Waals surface area contributed by atoms with Crippen LogP contribution in [0.25, 0.3) is 0 Å². The van der Waals surface area contributed by atoms with Crippen molar-refractivity contribution < 1.29 is 9.53 Å². The number of rotatable bonds is 5. The molecule has 5 nitrogen and oxygen atoms in total. The number of ether oxygens (including phenoxy) is 1. The van der Waals surface area contributed by atoms with Crippen LogP contribution in [0.1, 0.15) is 36.8 Å². The van der Waals surface area contributed by atoms with Crippen LogP contribution < -0.4 is 10.1 Å². The number of hydrogen-bond donors (Lipinski definition) is 1. The predicted molar refractivity (Wildman–Crippen MR) is 100 cm³/mol. The molecule has 0 unspecified atom stereocenters. The standard InChI is InChI=1S/C20H31N3O2/c1-16-13-17(2)15-19(14-16)25-12-7-21-20(24)23-10-8-22(9-11-23)18-5-3-4-6-18/h13-15,18H,3-12H2,1-2H3,(H,21,24). The van der Waals surface area contributed by atoms with Crippen LogP contribution in [0.5, 0.6) is 5.75 Å². The molecular formula is C20H31N3O2. The second-order valence-electron chi connectivity index (χ2n) is 7.37. The Morgan fingerprint density at radius 1 is 1.08 bits per heavy atom. The maximum atomic E-state index is 12.3. The second kappa shape index (κ2) is 8.56. The minimum atomic E-state index is 0.0371. The fourth-order valence-corrected chi connectivity index (χ4v) is 4.01. The number of benzene rings is 1. The van der Waals surface area contributed by atoms with Crippen molar-refractivity contribution in [3.05, 3.63) is 29.3 Å². The number of urea groups is 1. The minimum absolute atomic E-state index is 0.0371. The van der Waals surface area contributed by atoms with E-state index in [0.717, 1.165) is 38.0 Å². The highest BCUT2D eigenvalue weighted by molar-refractivity contribution is 5.74. The van der Waals surface area contributed by atoms with Crippen LogP contribution >= 0.6 is 0 Å². The quantitative estimate of drug-likeness (QED) is 0.835. The molecule has 1 heterocycles. The molecule has 25 heavy (non-hydrogen) atoms.